The fourth-order valence-corrected chi connectivity index (χ4v) is 2.89. The van der Waals surface area contributed by atoms with Crippen molar-refractivity contribution in [3.05, 3.63) is 29.8 Å². The zero-order valence-electron chi connectivity index (χ0n) is 11.7. The van der Waals surface area contributed by atoms with Crippen LogP contribution in [0.4, 0.5) is 8.78 Å². The van der Waals surface area contributed by atoms with Crippen LogP contribution in [0.1, 0.15) is 32.6 Å². The molecule has 2 unspecified atom stereocenters. The van der Waals surface area contributed by atoms with E-state index >= 15 is 0 Å². The molecule has 1 aromatic rings. The van der Waals surface area contributed by atoms with Gasteiger partial charge in [-0.2, -0.15) is 0 Å². The molecule has 1 aliphatic carbocycles. The zero-order chi connectivity index (χ0) is 14.6. The minimum atomic E-state index is -0.686. The van der Waals surface area contributed by atoms with Crippen molar-refractivity contribution in [2.24, 2.45) is 0 Å². The van der Waals surface area contributed by atoms with Gasteiger partial charge in [0, 0.05) is 18.0 Å². The van der Waals surface area contributed by atoms with Crippen LogP contribution in [0.3, 0.4) is 0 Å². The van der Waals surface area contributed by atoms with Crippen molar-refractivity contribution in [2.75, 3.05) is 13.2 Å². The first kappa shape index (κ1) is 15.2. The molecule has 1 aliphatic rings. The van der Waals surface area contributed by atoms with Gasteiger partial charge in [0.2, 0.25) is 0 Å². The van der Waals surface area contributed by atoms with Gasteiger partial charge in [-0.1, -0.05) is 6.92 Å². The molecule has 2 rings (SSSR count). The maximum absolute atomic E-state index is 13.6. The van der Waals surface area contributed by atoms with Crippen LogP contribution < -0.4 is 10.1 Å². The van der Waals surface area contributed by atoms with Crippen LogP contribution in [0, 0.1) is 11.6 Å². The third kappa shape index (κ3) is 3.46. The summed E-state index contributed by atoms with van der Waals surface area (Å²) in [5, 5.41) is 12.9. The van der Waals surface area contributed by atoms with E-state index in [4.69, 9.17) is 4.74 Å². The van der Waals surface area contributed by atoms with Crippen molar-refractivity contribution in [2.45, 2.75) is 44.2 Å². The second-order valence-corrected chi connectivity index (χ2v) is 5.38. The maximum Gasteiger partial charge on any atom is 0.167 e. The quantitative estimate of drug-likeness (QED) is 0.874. The Balaban J connectivity index is 2.05. The molecule has 1 aromatic carbocycles. The van der Waals surface area contributed by atoms with Gasteiger partial charge in [-0.05, 0) is 37.9 Å². The van der Waals surface area contributed by atoms with Crippen molar-refractivity contribution in [1.29, 1.82) is 0 Å². The first-order valence-corrected chi connectivity index (χ1v) is 7.06. The minimum Gasteiger partial charge on any atom is -0.487 e. The molecule has 2 N–H and O–H groups in total. The molecular weight excluding hydrogens is 264 g/mol. The van der Waals surface area contributed by atoms with Gasteiger partial charge in [0.25, 0.3) is 0 Å². The normalized spacial score (nSPS) is 26.5. The highest BCUT2D eigenvalue weighted by atomic mass is 19.1. The van der Waals surface area contributed by atoms with Crippen LogP contribution in [0.5, 0.6) is 5.75 Å². The van der Waals surface area contributed by atoms with E-state index in [1.807, 2.05) is 6.92 Å². The fourth-order valence-electron chi connectivity index (χ4n) is 2.89. The molecule has 0 heterocycles. The lowest BCUT2D eigenvalue weighted by molar-refractivity contribution is 0.0500. The summed E-state index contributed by atoms with van der Waals surface area (Å²) in [7, 11) is 0. The third-order valence-corrected chi connectivity index (χ3v) is 3.84. The van der Waals surface area contributed by atoms with Gasteiger partial charge in [0.1, 0.15) is 11.9 Å². The average Bonchev–Trinajstić information content (AvgIpc) is 2.43. The summed E-state index contributed by atoms with van der Waals surface area (Å²) in [6.07, 6.45) is 3.04. The van der Waals surface area contributed by atoms with Crippen molar-refractivity contribution < 1.29 is 18.6 Å². The second kappa shape index (κ2) is 6.50. The van der Waals surface area contributed by atoms with Crippen LogP contribution >= 0.6 is 0 Å². The Morgan fingerprint density at radius 3 is 2.90 bits per heavy atom. The lowest BCUT2D eigenvalue weighted by atomic mass is 9.80. The lowest BCUT2D eigenvalue weighted by Gasteiger charge is -2.40. The molecule has 0 aromatic heterocycles. The van der Waals surface area contributed by atoms with Crippen molar-refractivity contribution in [3.8, 4) is 5.75 Å². The molecule has 2 atom stereocenters. The number of hydrogen-bond acceptors (Lipinski definition) is 3. The topological polar surface area (TPSA) is 41.5 Å². The fraction of sp³-hybridized carbons (Fsp3) is 0.600. The Bertz CT molecular complexity index is 451. The lowest BCUT2D eigenvalue weighted by Crippen LogP contribution is -2.53. The Morgan fingerprint density at radius 2 is 2.25 bits per heavy atom. The SMILES string of the molecule is CCNC1(CO)CCCC(Oc2ccc(F)cc2F)C1. The number of halogens is 2. The Labute approximate surface area is 117 Å². The Kier molecular flexibility index (Phi) is 4.94. The van der Waals surface area contributed by atoms with Crippen LogP contribution in [-0.2, 0) is 0 Å². The summed E-state index contributed by atoms with van der Waals surface area (Å²) in [6.45, 7) is 2.78. The van der Waals surface area contributed by atoms with Crippen molar-refractivity contribution in [3.63, 3.8) is 0 Å². The van der Waals surface area contributed by atoms with Crippen LogP contribution in [0.25, 0.3) is 0 Å². The number of aliphatic hydroxyl groups is 1. The smallest absolute Gasteiger partial charge is 0.167 e. The minimum absolute atomic E-state index is 0.0343. The molecule has 0 amide bonds. The summed E-state index contributed by atoms with van der Waals surface area (Å²) in [6, 6.07) is 3.32. The van der Waals surface area contributed by atoms with Crippen molar-refractivity contribution in [1.82, 2.24) is 5.32 Å². The van der Waals surface area contributed by atoms with Crippen LogP contribution in [0.2, 0.25) is 0 Å². The first-order valence-electron chi connectivity index (χ1n) is 7.06. The van der Waals surface area contributed by atoms with Gasteiger partial charge in [0.05, 0.1) is 6.61 Å². The molecule has 0 saturated heterocycles. The van der Waals surface area contributed by atoms with E-state index in [1.54, 1.807) is 0 Å². The number of hydrogen-bond donors (Lipinski definition) is 2. The molecule has 20 heavy (non-hydrogen) atoms. The second-order valence-electron chi connectivity index (χ2n) is 5.38. The molecule has 5 heteroatoms. The highest BCUT2D eigenvalue weighted by molar-refractivity contribution is 5.25. The van der Waals surface area contributed by atoms with E-state index in [2.05, 4.69) is 5.32 Å². The molecule has 0 radical (unpaired) electrons. The predicted molar refractivity (Wildman–Crippen MR) is 72.7 cm³/mol. The summed E-state index contributed by atoms with van der Waals surface area (Å²) < 4.78 is 32.1. The van der Waals surface area contributed by atoms with E-state index in [0.29, 0.717) is 6.42 Å². The summed E-state index contributed by atoms with van der Waals surface area (Å²) in [5.74, 6) is -1.23. The van der Waals surface area contributed by atoms with Gasteiger partial charge in [-0.3, -0.25) is 0 Å². The molecule has 1 saturated carbocycles. The number of likely N-dealkylation sites (N-methyl/N-ethyl adjacent to an activating group) is 1. The zero-order valence-corrected chi connectivity index (χ0v) is 11.7. The summed E-state index contributed by atoms with van der Waals surface area (Å²) >= 11 is 0. The third-order valence-electron chi connectivity index (χ3n) is 3.84. The molecule has 0 aliphatic heterocycles. The largest absolute Gasteiger partial charge is 0.487 e. The van der Waals surface area contributed by atoms with Gasteiger partial charge in [-0.25, -0.2) is 8.78 Å². The van der Waals surface area contributed by atoms with Gasteiger partial charge < -0.3 is 15.2 Å². The predicted octanol–water partition coefficient (Wildman–Crippen LogP) is 2.63. The van der Waals surface area contributed by atoms with Crippen LogP contribution in [0.15, 0.2) is 18.2 Å². The summed E-state index contributed by atoms with van der Waals surface area (Å²) in [5.41, 5.74) is -0.353. The number of rotatable bonds is 5. The average molecular weight is 285 g/mol. The number of nitrogens with one attached hydrogen (secondary N) is 1. The standard InChI is InChI=1S/C15H21F2NO2/c1-2-18-15(10-19)7-3-4-12(9-15)20-14-6-5-11(16)8-13(14)17/h5-6,8,12,18-19H,2-4,7,9-10H2,1H3. The molecule has 1 fully saturated rings. The van der Waals surface area contributed by atoms with E-state index in [-0.39, 0.29) is 24.0 Å². The molecule has 0 spiro atoms. The number of aliphatic hydroxyl groups excluding tert-OH is 1. The van der Waals surface area contributed by atoms with Gasteiger partial charge in [-0.15, -0.1) is 0 Å². The first-order chi connectivity index (χ1) is 9.58. The monoisotopic (exact) mass is 285 g/mol. The number of benzene rings is 1. The molecule has 0 bridgehead atoms. The molecule has 3 nitrogen and oxygen atoms in total. The summed E-state index contributed by atoms with van der Waals surface area (Å²) in [4.78, 5) is 0. The Hall–Kier alpha value is -1.20. The van der Waals surface area contributed by atoms with Crippen molar-refractivity contribution >= 4 is 0 Å². The van der Waals surface area contributed by atoms with Gasteiger partial charge >= 0.3 is 0 Å². The van der Waals surface area contributed by atoms with E-state index < -0.39 is 11.6 Å². The highest BCUT2D eigenvalue weighted by Crippen LogP contribution is 2.31. The van der Waals surface area contributed by atoms with E-state index in [9.17, 15) is 13.9 Å². The number of ether oxygens (including phenoxy) is 1. The Morgan fingerprint density at radius 1 is 1.45 bits per heavy atom. The molecule has 112 valence electrons. The molecular formula is C15H21F2NO2. The van der Waals surface area contributed by atoms with E-state index in [1.165, 1.54) is 12.1 Å². The van der Waals surface area contributed by atoms with E-state index in [0.717, 1.165) is 31.9 Å². The maximum atomic E-state index is 13.6. The van der Waals surface area contributed by atoms with Gasteiger partial charge in [0.15, 0.2) is 11.6 Å². The van der Waals surface area contributed by atoms with Crippen LogP contribution in [-0.4, -0.2) is 29.9 Å². The highest BCUT2D eigenvalue weighted by Gasteiger charge is 2.36.